The fourth-order valence-electron chi connectivity index (χ4n) is 0.955. The van der Waals surface area contributed by atoms with Crippen molar-refractivity contribution < 1.29 is 0 Å². The first-order valence-corrected chi connectivity index (χ1v) is 4.12. The monoisotopic (exact) mass is 201 g/mol. The lowest BCUT2D eigenvalue weighted by Gasteiger charge is -1.96. The van der Waals surface area contributed by atoms with Crippen LogP contribution in [0.3, 0.4) is 0 Å². The number of guanidine groups is 2. The second-order valence-electron chi connectivity index (χ2n) is 2.70. The van der Waals surface area contributed by atoms with Crippen LogP contribution in [0.5, 0.6) is 0 Å². The van der Waals surface area contributed by atoms with Gasteiger partial charge in [0.1, 0.15) is 0 Å². The van der Waals surface area contributed by atoms with E-state index < -0.39 is 0 Å². The third-order valence-corrected chi connectivity index (χ3v) is 1.50. The molecule has 1 aromatic rings. The molecule has 5 heteroatoms. The summed E-state index contributed by atoms with van der Waals surface area (Å²) >= 11 is 0. The molecule has 5 nitrogen and oxygen atoms in total. The molecule has 6 N–H and O–H groups in total. The van der Waals surface area contributed by atoms with Crippen LogP contribution in [-0.2, 0) is 0 Å². The van der Waals surface area contributed by atoms with Crippen LogP contribution in [0.25, 0.3) is 0 Å². The molecule has 0 saturated heterocycles. The van der Waals surface area contributed by atoms with Crippen molar-refractivity contribution in [1.82, 2.24) is 0 Å². The van der Waals surface area contributed by atoms with E-state index in [1.54, 1.807) is 24.3 Å². The highest BCUT2D eigenvalue weighted by Crippen LogP contribution is 2.13. The van der Waals surface area contributed by atoms with Crippen molar-refractivity contribution in [2.24, 2.45) is 27.2 Å². The predicted octanol–water partition coefficient (Wildman–Crippen LogP) is -0.112. The number of aliphatic imine (C=N–C) groups is 2. The molecule has 0 aliphatic carbocycles. The van der Waals surface area contributed by atoms with E-state index in [1.807, 2.05) is 0 Å². The minimum Gasteiger partial charge on any atom is -0.370 e. The molecule has 0 saturated carbocycles. The molecule has 0 bridgehead atoms. The molecule has 0 aliphatic rings. The lowest BCUT2D eigenvalue weighted by Crippen LogP contribution is -2.26. The van der Waals surface area contributed by atoms with Crippen LogP contribution >= 0.6 is 0 Å². The quantitative estimate of drug-likeness (QED) is 0.335. The van der Waals surface area contributed by atoms with Crippen molar-refractivity contribution in [2.75, 3.05) is 0 Å². The Kier molecular flexibility index (Phi) is 3.30. The van der Waals surface area contributed by atoms with Crippen molar-refractivity contribution in [3.05, 3.63) is 29.8 Å². The number of hydrogen-bond donors (Lipinski definition) is 3. The summed E-state index contributed by atoms with van der Waals surface area (Å²) in [4.78, 5) is 7.54. The van der Waals surface area contributed by atoms with E-state index in [0.29, 0.717) is 11.3 Å². The molecular weight excluding hydrogens is 190 g/mol. The van der Waals surface area contributed by atoms with Gasteiger partial charge in [0.2, 0.25) is 5.96 Å². The van der Waals surface area contributed by atoms with E-state index in [-0.39, 0.29) is 11.9 Å². The Morgan fingerprint density at radius 3 is 2.60 bits per heavy atom. The first-order chi connectivity index (χ1) is 7.11. The molecule has 0 radical (unpaired) electrons. The van der Waals surface area contributed by atoms with Gasteiger partial charge in [-0.2, -0.15) is 4.99 Å². The number of hydrogen-bond acceptors (Lipinski definition) is 1. The molecule has 76 valence electrons. The smallest absolute Gasteiger partial charge is 0.223 e. The van der Waals surface area contributed by atoms with E-state index in [9.17, 15) is 0 Å². The van der Waals surface area contributed by atoms with E-state index in [0.717, 1.165) is 0 Å². The summed E-state index contributed by atoms with van der Waals surface area (Å²) in [7, 11) is 0. The average Bonchev–Trinajstić information content (AvgIpc) is 2.16. The molecule has 0 fully saturated rings. The highest BCUT2D eigenvalue weighted by molar-refractivity contribution is 5.93. The predicted molar refractivity (Wildman–Crippen MR) is 61.5 cm³/mol. The van der Waals surface area contributed by atoms with Gasteiger partial charge in [0.05, 0.1) is 5.69 Å². The average molecular weight is 201 g/mol. The van der Waals surface area contributed by atoms with Crippen LogP contribution in [0.1, 0.15) is 5.56 Å². The highest BCUT2D eigenvalue weighted by Gasteiger charge is 1.93. The topological polar surface area (TPSA) is 103 Å². The van der Waals surface area contributed by atoms with Crippen LogP contribution in [0.2, 0.25) is 0 Å². The lowest BCUT2D eigenvalue weighted by molar-refractivity contribution is 1.38. The number of nitrogens with zero attached hydrogens (tertiary/aromatic N) is 2. The van der Waals surface area contributed by atoms with Crippen molar-refractivity contribution in [3.63, 3.8) is 0 Å². The zero-order chi connectivity index (χ0) is 11.3. The zero-order valence-electron chi connectivity index (χ0n) is 8.01. The molecule has 1 rings (SSSR count). The minimum absolute atomic E-state index is 0.0100. The van der Waals surface area contributed by atoms with Crippen molar-refractivity contribution in [2.45, 2.75) is 0 Å². The number of nitrogens with two attached hydrogens (primary N) is 3. The second-order valence-corrected chi connectivity index (χ2v) is 2.70. The van der Waals surface area contributed by atoms with E-state index in [1.165, 1.54) is 0 Å². The molecule has 0 unspecified atom stereocenters. The van der Waals surface area contributed by atoms with Crippen LogP contribution in [0, 0.1) is 12.3 Å². The van der Waals surface area contributed by atoms with Gasteiger partial charge in [-0.1, -0.05) is 12.0 Å². The Morgan fingerprint density at radius 2 is 2.00 bits per heavy atom. The van der Waals surface area contributed by atoms with Gasteiger partial charge in [-0.15, -0.1) is 6.42 Å². The Labute approximate surface area is 87.7 Å². The van der Waals surface area contributed by atoms with Crippen molar-refractivity contribution in [3.8, 4) is 12.3 Å². The second kappa shape index (κ2) is 4.67. The van der Waals surface area contributed by atoms with E-state index in [2.05, 4.69) is 15.9 Å². The van der Waals surface area contributed by atoms with Gasteiger partial charge in [0.15, 0.2) is 5.96 Å². The summed E-state index contributed by atoms with van der Waals surface area (Å²) in [5, 5.41) is 0. The Balaban J connectivity index is 2.99. The Bertz CT molecular complexity index is 449. The standard InChI is InChI=1S/C10H11N5/c1-2-7-4-3-5-8(6-7)14-10(13)15-9(11)12/h1,3-6H,(H6,11,12,13,14,15). The first kappa shape index (κ1) is 10.6. The minimum atomic E-state index is -0.135. The van der Waals surface area contributed by atoms with Crippen LogP contribution in [0.15, 0.2) is 34.3 Å². The third kappa shape index (κ3) is 3.40. The molecule has 0 aliphatic heterocycles. The van der Waals surface area contributed by atoms with Crippen LogP contribution in [-0.4, -0.2) is 11.9 Å². The van der Waals surface area contributed by atoms with Gasteiger partial charge in [-0.25, -0.2) is 4.99 Å². The van der Waals surface area contributed by atoms with Gasteiger partial charge < -0.3 is 17.2 Å². The summed E-state index contributed by atoms with van der Waals surface area (Å²) in [6.45, 7) is 0. The highest BCUT2D eigenvalue weighted by atomic mass is 15.1. The van der Waals surface area contributed by atoms with Crippen LogP contribution in [0.4, 0.5) is 5.69 Å². The fraction of sp³-hybridized carbons (Fsp3) is 0. The van der Waals surface area contributed by atoms with E-state index >= 15 is 0 Å². The summed E-state index contributed by atoms with van der Waals surface area (Å²) < 4.78 is 0. The maximum Gasteiger partial charge on any atom is 0.223 e. The Morgan fingerprint density at radius 1 is 1.27 bits per heavy atom. The van der Waals surface area contributed by atoms with Crippen molar-refractivity contribution in [1.29, 1.82) is 0 Å². The summed E-state index contributed by atoms with van der Waals surface area (Å²) in [5.41, 5.74) is 17.0. The molecule has 0 heterocycles. The van der Waals surface area contributed by atoms with Gasteiger partial charge in [-0.3, -0.25) is 0 Å². The Hall–Kier alpha value is -2.48. The normalized spacial score (nSPS) is 10.5. The lowest BCUT2D eigenvalue weighted by atomic mass is 10.2. The number of terminal acetylenes is 1. The van der Waals surface area contributed by atoms with Crippen molar-refractivity contribution >= 4 is 17.6 Å². The number of benzene rings is 1. The largest absolute Gasteiger partial charge is 0.370 e. The molecule has 15 heavy (non-hydrogen) atoms. The molecule has 0 spiro atoms. The summed E-state index contributed by atoms with van der Waals surface area (Å²) in [6, 6.07) is 7.01. The molecular formula is C10H11N5. The summed E-state index contributed by atoms with van der Waals surface area (Å²) in [5.74, 6) is 2.34. The zero-order valence-corrected chi connectivity index (χ0v) is 8.01. The SMILES string of the molecule is C#Cc1cccc(N=C(N)N=C(N)N)c1. The van der Waals surface area contributed by atoms with E-state index in [4.69, 9.17) is 23.6 Å². The van der Waals surface area contributed by atoms with Crippen LogP contribution < -0.4 is 17.2 Å². The molecule has 0 amide bonds. The molecule has 0 atom stereocenters. The maximum absolute atomic E-state index is 5.45. The van der Waals surface area contributed by atoms with Gasteiger partial charge in [0.25, 0.3) is 0 Å². The fourth-order valence-corrected chi connectivity index (χ4v) is 0.955. The van der Waals surface area contributed by atoms with Gasteiger partial charge >= 0.3 is 0 Å². The van der Waals surface area contributed by atoms with Gasteiger partial charge in [0, 0.05) is 5.56 Å². The molecule has 1 aromatic carbocycles. The summed E-state index contributed by atoms with van der Waals surface area (Å²) in [6.07, 6.45) is 5.23. The third-order valence-electron chi connectivity index (χ3n) is 1.50. The number of rotatable bonds is 1. The van der Waals surface area contributed by atoms with Gasteiger partial charge in [-0.05, 0) is 18.2 Å². The first-order valence-electron chi connectivity index (χ1n) is 4.12. The molecule has 0 aromatic heterocycles. The maximum atomic E-state index is 5.45.